The van der Waals surface area contributed by atoms with Crippen LogP contribution in [0.1, 0.15) is 27.3 Å². The Hall–Kier alpha value is -4.47. The Labute approximate surface area is 197 Å². The van der Waals surface area contributed by atoms with Gasteiger partial charge in [0.25, 0.3) is 5.91 Å². The third kappa shape index (κ3) is 4.63. The number of aromatic nitrogens is 5. The first-order valence-electron chi connectivity index (χ1n) is 10.7. The smallest absolute Gasteiger partial charge is 0.318 e. The van der Waals surface area contributed by atoms with Gasteiger partial charge in [0.1, 0.15) is 0 Å². The predicted molar refractivity (Wildman–Crippen MR) is 124 cm³/mol. The molecule has 0 saturated heterocycles. The Balaban J connectivity index is 1.43. The maximum Gasteiger partial charge on any atom is 0.433 e. The number of amides is 1. The maximum absolute atomic E-state index is 13.8. The fourth-order valence-corrected chi connectivity index (χ4v) is 3.72. The minimum Gasteiger partial charge on any atom is -0.318 e. The highest BCUT2D eigenvalue weighted by atomic mass is 19.4. The van der Waals surface area contributed by atoms with Crippen LogP contribution >= 0.6 is 0 Å². The number of nitrogens with one attached hydrogen (secondary N) is 1. The van der Waals surface area contributed by atoms with Gasteiger partial charge in [-0.05, 0) is 24.1 Å². The molecule has 0 bridgehead atoms. The molecule has 5 rings (SSSR count). The van der Waals surface area contributed by atoms with Gasteiger partial charge in [-0.1, -0.05) is 54.6 Å². The van der Waals surface area contributed by atoms with Crippen molar-refractivity contribution in [2.75, 3.05) is 5.32 Å². The topological polar surface area (TPSA) is 77.1 Å². The number of benzene rings is 2. The molecule has 10 heteroatoms. The van der Waals surface area contributed by atoms with Crippen LogP contribution in [-0.4, -0.2) is 30.3 Å². The lowest BCUT2D eigenvalue weighted by atomic mass is 10.1. The number of anilines is 1. The summed E-state index contributed by atoms with van der Waals surface area (Å²) in [4.78, 5) is 17.1. The highest BCUT2D eigenvalue weighted by Gasteiger charge is 2.35. The third-order valence-electron chi connectivity index (χ3n) is 5.50. The van der Waals surface area contributed by atoms with Crippen molar-refractivity contribution in [3.63, 3.8) is 0 Å². The van der Waals surface area contributed by atoms with E-state index in [1.165, 1.54) is 12.3 Å². The van der Waals surface area contributed by atoms with E-state index in [0.29, 0.717) is 22.3 Å². The Bertz CT molecular complexity index is 1520. The molecule has 3 heterocycles. The third-order valence-corrected chi connectivity index (χ3v) is 5.50. The van der Waals surface area contributed by atoms with Crippen LogP contribution in [0.3, 0.4) is 0 Å². The van der Waals surface area contributed by atoms with E-state index in [2.05, 4.69) is 20.5 Å². The predicted octanol–water partition coefficient (Wildman–Crippen LogP) is 5.22. The molecule has 1 N–H and O–H groups in total. The van der Waals surface area contributed by atoms with Crippen LogP contribution in [0, 0.1) is 6.92 Å². The van der Waals surface area contributed by atoms with E-state index >= 15 is 0 Å². The van der Waals surface area contributed by atoms with Crippen molar-refractivity contribution >= 4 is 17.2 Å². The van der Waals surface area contributed by atoms with Crippen molar-refractivity contribution in [2.45, 2.75) is 19.6 Å². The molecule has 3 aromatic heterocycles. The molecule has 0 atom stereocenters. The molecular weight excluding hydrogens is 457 g/mol. The van der Waals surface area contributed by atoms with Gasteiger partial charge in [-0.15, -0.1) is 0 Å². The van der Waals surface area contributed by atoms with Crippen LogP contribution in [0.15, 0.2) is 79.1 Å². The van der Waals surface area contributed by atoms with Crippen LogP contribution in [0.4, 0.5) is 18.9 Å². The second kappa shape index (κ2) is 8.71. The van der Waals surface area contributed by atoms with Crippen molar-refractivity contribution in [3.8, 4) is 11.3 Å². The van der Waals surface area contributed by atoms with Gasteiger partial charge >= 0.3 is 6.18 Å². The second-order valence-corrected chi connectivity index (χ2v) is 8.00. The number of fused-ring (bicyclic) bond motifs is 1. The first-order valence-corrected chi connectivity index (χ1v) is 10.7. The Morgan fingerprint density at radius 2 is 1.77 bits per heavy atom. The van der Waals surface area contributed by atoms with Crippen molar-refractivity contribution < 1.29 is 18.0 Å². The Kier molecular flexibility index (Phi) is 5.56. The van der Waals surface area contributed by atoms with Gasteiger partial charge < -0.3 is 5.32 Å². The molecule has 0 spiro atoms. The highest BCUT2D eigenvalue weighted by Crippen LogP contribution is 2.32. The second-order valence-electron chi connectivity index (χ2n) is 8.00. The monoisotopic (exact) mass is 476 g/mol. The number of carbonyl (C=O) groups excluding carboxylic acids is 1. The lowest BCUT2D eigenvalue weighted by molar-refractivity contribution is -0.142. The zero-order chi connectivity index (χ0) is 24.6. The zero-order valence-corrected chi connectivity index (χ0v) is 18.5. The van der Waals surface area contributed by atoms with Crippen LogP contribution in [0.2, 0.25) is 0 Å². The van der Waals surface area contributed by atoms with E-state index in [1.807, 2.05) is 31.2 Å². The molecule has 0 fully saturated rings. The molecular formula is C25H19F3N6O. The average molecular weight is 476 g/mol. The lowest BCUT2D eigenvalue weighted by Crippen LogP contribution is -2.15. The first-order chi connectivity index (χ1) is 16.8. The van der Waals surface area contributed by atoms with Crippen molar-refractivity contribution in [1.29, 1.82) is 0 Å². The van der Waals surface area contributed by atoms with Gasteiger partial charge in [0.15, 0.2) is 17.0 Å². The molecule has 0 aliphatic rings. The zero-order valence-electron chi connectivity index (χ0n) is 18.5. The lowest BCUT2D eigenvalue weighted by Gasteiger charge is -2.10. The number of halogens is 3. The molecule has 1 amide bonds. The Morgan fingerprint density at radius 1 is 1.03 bits per heavy atom. The standard InChI is InChI=1S/C25H19F3N6O/c1-16-7-5-6-10-18(16)14-33-15-19(13-29-33)30-24(35)21-12-23-31-20(17-8-3-2-4-9-17)11-22(25(26,27)28)34(23)32-21/h2-13,15H,14H2,1H3,(H,30,35). The van der Waals surface area contributed by atoms with Crippen LogP contribution in [-0.2, 0) is 12.7 Å². The van der Waals surface area contributed by atoms with Crippen molar-refractivity contribution in [3.05, 3.63) is 102 Å². The van der Waals surface area contributed by atoms with Gasteiger partial charge in [0.2, 0.25) is 0 Å². The number of alkyl halides is 3. The van der Waals surface area contributed by atoms with Gasteiger partial charge in [0.05, 0.1) is 24.1 Å². The van der Waals surface area contributed by atoms with Crippen LogP contribution in [0.5, 0.6) is 0 Å². The number of hydrogen-bond donors (Lipinski definition) is 1. The van der Waals surface area contributed by atoms with Gasteiger partial charge in [-0.25, -0.2) is 9.50 Å². The number of carbonyl (C=O) groups is 1. The van der Waals surface area contributed by atoms with E-state index < -0.39 is 17.8 Å². The summed E-state index contributed by atoms with van der Waals surface area (Å²) in [7, 11) is 0. The maximum atomic E-state index is 13.8. The molecule has 0 unspecified atom stereocenters. The normalized spacial score (nSPS) is 11.7. The summed E-state index contributed by atoms with van der Waals surface area (Å²) in [6.45, 7) is 2.51. The molecule has 5 aromatic rings. The number of hydrogen-bond acceptors (Lipinski definition) is 4. The first kappa shape index (κ1) is 22.3. The fourth-order valence-electron chi connectivity index (χ4n) is 3.72. The summed E-state index contributed by atoms with van der Waals surface area (Å²) in [5.74, 6) is -0.666. The number of aryl methyl sites for hydroxylation is 1. The van der Waals surface area contributed by atoms with E-state index in [-0.39, 0.29) is 17.0 Å². The molecule has 0 aliphatic carbocycles. The van der Waals surface area contributed by atoms with Crippen molar-refractivity contribution in [2.24, 2.45) is 0 Å². The van der Waals surface area contributed by atoms with Gasteiger partial charge in [0, 0.05) is 17.8 Å². The molecule has 0 radical (unpaired) electrons. The number of rotatable bonds is 5. The summed E-state index contributed by atoms with van der Waals surface area (Å²) in [6, 6.07) is 18.5. The van der Waals surface area contributed by atoms with Crippen LogP contribution < -0.4 is 5.32 Å². The minimum atomic E-state index is -4.69. The molecule has 0 aliphatic heterocycles. The minimum absolute atomic E-state index is 0.0842. The summed E-state index contributed by atoms with van der Waals surface area (Å²) in [5, 5.41) is 10.8. The van der Waals surface area contributed by atoms with E-state index in [1.54, 1.807) is 41.2 Å². The van der Waals surface area contributed by atoms with E-state index in [0.717, 1.165) is 17.2 Å². The van der Waals surface area contributed by atoms with Gasteiger partial charge in [-0.2, -0.15) is 23.4 Å². The van der Waals surface area contributed by atoms with Crippen molar-refractivity contribution in [1.82, 2.24) is 24.4 Å². The fraction of sp³-hybridized carbons (Fsp3) is 0.120. The molecule has 0 saturated carbocycles. The van der Waals surface area contributed by atoms with E-state index in [4.69, 9.17) is 0 Å². The largest absolute Gasteiger partial charge is 0.433 e. The van der Waals surface area contributed by atoms with E-state index in [9.17, 15) is 18.0 Å². The molecule has 176 valence electrons. The molecule has 7 nitrogen and oxygen atoms in total. The van der Waals surface area contributed by atoms with Crippen LogP contribution in [0.25, 0.3) is 16.9 Å². The molecule has 2 aromatic carbocycles. The highest BCUT2D eigenvalue weighted by molar-refractivity contribution is 6.03. The summed E-state index contributed by atoms with van der Waals surface area (Å²) >= 11 is 0. The summed E-state index contributed by atoms with van der Waals surface area (Å²) < 4.78 is 43.6. The SMILES string of the molecule is Cc1ccccc1Cn1cc(NC(=O)c2cc3nc(-c4ccccc4)cc(C(F)(F)F)n3n2)cn1. The van der Waals surface area contributed by atoms with Gasteiger partial charge in [-0.3, -0.25) is 9.48 Å². The summed E-state index contributed by atoms with van der Waals surface area (Å²) in [6.07, 6.45) is -1.58. The number of nitrogens with zero attached hydrogens (tertiary/aromatic N) is 5. The average Bonchev–Trinajstić information content (AvgIpc) is 3.46. The summed E-state index contributed by atoms with van der Waals surface area (Å²) in [5.41, 5.74) is 1.94. The molecule has 35 heavy (non-hydrogen) atoms. The quantitative estimate of drug-likeness (QED) is 0.377. The Morgan fingerprint density at radius 3 is 2.51 bits per heavy atom.